The Bertz CT molecular complexity index is 1040. The largest absolute Gasteiger partial charge is 0.383 e. The van der Waals surface area contributed by atoms with E-state index in [9.17, 15) is 0 Å². The van der Waals surface area contributed by atoms with Crippen molar-refractivity contribution >= 4 is 17.0 Å². The van der Waals surface area contributed by atoms with Crippen LogP contribution in [0.5, 0.6) is 0 Å². The molecule has 2 aromatic carbocycles. The quantitative estimate of drug-likeness (QED) is 0.506. The van der Waals surface area contributed by atoms with Gasteiger partial charge in [0, 0.05) is 18.1 Å². The Morgan fingerprint density at radius 2 is 1.57 bits per heavy atom. The number of benzene rings is 2. The lowest BCUT2D eigenvalue weighted by molar-refractivity contribution is 0.162. The van der Waals surface area contributed by atoms with Crippen LogP contribution in [-0.2, 0) is 4.74 Å². The second-order valence-electron chi connectivity index (χ2n) is 7.79. The van der Waals surface area contributed by atoms with Gasteiger partial charge in [-0.25, -0.2) is 4.99 Å². The molecule has 3 nitrogen and oxygen atoms in total. The summed E-state index contributed by atoms with van der Waals surface area (Å²) in [6.45, 7) is 13.6. The number of aromatic nitrogens is 1. The van der Waals surface area contributed by atoms with Crippen molar-refractivity contribution in [2.75, 3.05) is 13.7 Å². The fraction of sp³-hybridized carbons (Fsp3) is 0.375. The third-order valence-electron chi connectivity index (χ3n) is 5.14. The van der Waals surface area contributed by atoms with Crippen LogP contribution >= 0.6 is 11.3 Å². The van der Waals surface area contributed by atoms with Crippen molar-refractivity contribution < 1.29 is 4.74 Å². The fourth-order valence-electron chi connectivity index (χ4n) is 3.70. The molecule has 0 radical (unpaired) electrons. The summed E-state index contributed by atoms with van der Waals surface area (Å²) in [6, 6.07) is 11.2. The zero-order chi connectivity index (χ0) is 20.4. The highest BCUT2D eigenvalue weighted by Gasteiger charge is 2.16. The van der Waals surface area contributed by atoms with Crippen LogP contribution in [0.3, 0.4) is 0 Å². The maximum absolute atomic E-state index is 5.48. The van der Waals surface area contributed by atoms with Crippen LogP contribution in [0.25, 0.3) is 11.3 Å². The lowest BCUT2D eigenvalue weighted by atomic mass is 9.99. The van der Waals surface area contributed by atoms with Crippen molar-refractivity contribution in [1.29, 1.82) is 0 Å². The Balaban J connectivity index is 2.23. The standard InChI is InChI=1S/C24H30N2OS/c1-15-8-16(2)10-21(9-15)25-24-26(20(6)13-27-7)23(14-28-24)22-12-18(4)17(3)11-19(22)5/h8-12,14,20H,13H2,1-7H3/t20-/m0/s1. The molecule has 0 amide bonds. The highest BCUT2D eigenvalue weighted by atomic mass is 32.1. The molecule has 0 spiro atoms. The van der Waals surface area contributed by atoms with E-state index in [0.29, 0.717) is 6.61 Å². The summed E-state index contributed by atoms with van der Waals surface area (Å²) in [5.74, 6) is 0. The van der Waals surface area contributed by atoms with Gasteiger partial charge in [-0.05, 0) is 87.6 Å². The van der Waals surface area contributed by atoms with Crippen LogP contribution in [-0.4, -0.2) is 18.3 Å². The summed E-state index contributed by atoms with van der Waals surface area (Å²) >= 11 is 1.69. The van der Waals surface area contributed by atoms with Gasteiger partial charge in [-0.2, -0.15) is 0 Å². The molecule has 0 fully saturated rings. The van der Waals surface area contributed by atoms with E-state index in [2.05, 4.69) is 81.8 Å². The predicted octanol–water partition coefficient (Wildman–Crippen LogP) is 6.20. The van der Waals surface area contributed by atoms with E-state index in [1.165, 1.54) is 39.1 Å². The molecular formula is C24H30N2OS. The molecule has 28 heavy (non-hydrogen) atoms. The van der Waals surface area contributed by atoms with Gasteiger partial charge in [0.25, 0.3) is 0 Å². The average Bonchev–Trinajstić information content (AvgIpc) is 3.00. The molecular weight excluding hydrogens is 364 g/mol. The third kappa shape index (κ3) is 4.29. The van der Waals surface area contributed by atoms with E-state index in [1.807, 2.05) is 0 Å². The van der Waals surface area contributed by atoms with E-state index in [0.717, 1.165) is 10.5 Å². The molecule has 4 heteroatoms. The molecule has 0 aliphatic heterocycles. The second kappa shape index (κ2) is 8.46. The molecule has 0 unspecified atom stereocenters. The Kier molecular flexibility index (Phi) is 6.21. The molecule has 0 aliphatic carbocycles. The maximum atomic E-state index is 5.48. The minimum absolute atomic E-state index is 0.192. The first-order valence-corrected chi connectivity index (χ1v) is 10.6. The van der Waals surface area contributed by atoms with Crippen molar-refractivity contribution in [1.82, 2.24) is 4.57 Å². The molecule has 0 N–H and O–H groups in total. The summed E-state index contributed by atoms with van der Waals surface area (Å²) in [5, 5.41) is 2.23. The molecule has 148 valence electrons. The van der Waals surface area contributed by atoms with Crippen LogP contribution in [0.15, 0.2) is 40.7 Å². The number of methoxy groups -OCH3 is 1. The smallest absolute Gasteiger partial charge is 0.190 e. The topological polar surface area (TPSA) is 26.5 Å². The molecule has 1 heterocycles. The maximum Gasteiger partial charge on any atom is 0.190 e. The Morgan fingerprint density at radius 1 is 0.929 bits per heavy atom. The first-order chi connectivity index (χ1) is 13.3. The van der Waals surface area contributed by atoms with Crippen LogP contribution in [0, 0.1) is 34.6 Å². The van der Waals surface area contributed by atoms with Gasteiger partial charge >= 0.3 is 0 Å². The monoisotopic (exact) mass is 394 g/mol. The number of hydrogen-bond acceptors (Lipinski definition) is 3. The fourth-order valence-corrected chi connectivity index (χ4v) is 4.71. The minimum Gasteiger partial charge on any atom is -0.383 e. The molecule has 1 atom stereocenters. The van der Waals surface area contributed by atoms with E-state index in [-0.39, 0.29) is 6.04 Å². The van der Waals surface area contributed by atoms with Crippen LogP contribution in [0.2, 0.25) is 0 Å². The zero-order valence-electron chi connectivity index (χ0n) is 18.0. The Labute approximate surface area is 172 Å². The van der Waals surface area contributed by atoms with E-state index >= 15 is 0 Å². The van der Waals surface area contributed by atoms with Gasteiger partial charge in [-0.15, -0.1) is 11.3 Å². The molecule has 0 bridgehead atoms. The summed E-state index contributed by atoms with van der Waals surface area (Å²) < 4.78 is 7.80. The van der Waals surface area contributed by atoms with Crippen LogP contribution in [0.1, 0.15) is 40.8 Å². The van der Waals surface area contributed by atoms with Gasteiger partial charge < -0.3 is 9.30 Å². The first-order valence-electron chi connectivity index (χ1n) is 9.70. The average molecular weight is 395 g/mol. The predicted molar refractivity (Wildman–Crippen MR) is 120 cm³/mol. The lowest BCUT2D eigenvalue weighted by Gasteiger charge is -2.18. The van der Waals surface area contributed by atoms with Gasteiger partial charge in [-0.1, -0.05) is 12.1 Å². The number of thiazole rings is 1. The third-order valence-corrected chi connectivity index (χ3v) is 5.98. The highest BCUT2D eigenvalue weighted by Crippen LogP contribution is 2.29. The zero-order valence-corrected chi connectivity index (χ0v) is 18.8. The number of aryl methyl sites for hydroxylation is 5. The summed E-state index contributed by atoms with van der Waals surface area (Å²) in [4.78, 5) is 6.01. The first kappa shape index (κ1) is 20.6. The van der Waals surface area contributed by atoms with E-state index in [1.54, 1.807) is 18.4 Å². The van der Waals surface area contributed by atoms with Gasteiger partial charge in [0.2, 0.25) is 0 Å². The van der Waals surface area contributed by atoms with E-state index < -0.39 is 0 Å². The van der Waals surface area contributed by atoms with Crippen molar-refractivity contribution in [3.63, 3.8) is 0 Å². The molecule has 3 rings (SSSR count). The Hall–Kier alpha value is -2.17. The molecule has 3 aromatic rings. The van der Waals surface area contributed by atoms with Gasteiger partial charge in [0.15, 0.2) is 4.80 Å². The Morgan fingerprint density at radius 3 is 2.21 bits per heavy atom. The summed E-state index contributed by atoms with van der Waals surface area (Å²) in [5.41, 5.74) is 9.87. The molecule has 1 aromatic heterocycles. The van der Waals surface area contributed by atoms with Gasteiger partial charge in [0.05, 0.1) is 24.0 Å². The van der Waals surface area contributed by atoms with Crippen molar-refractivity contribution in [3.8, 4) is 11.3 Å². The minimum atomic E-state index is 0.192. The van der Waals surface area contributed by atoms with Gasteiger partial charge in [-0.3, -0.25) is 0 Å². The van der Waals surface area contributed by atoms with Crippen LogP contribution < -0.4 is 4.80 Å². The highest BCUT2D eigenvalue weighted by molar-refractivity contribution is 7.07. The van der Waals surface area contributed by atoms with Crippen molar-refractivity contribution in [2.45, 2.75) is 47.6 Å². The molecule has 0 saturated heterocycles. The van der Waals surface area contributed by atoms with Gasteiger partial charge in [0.1, 0.15) is 0 Å². The second-order valence-corrected chi connectivity index (χ2v) is 8.62. The SMILES string of the molecule is COC[C@H](C)n1c(-c2cc(C)c(C)cc2C)csc1=Nc1cc(C)cc(C)c1. The van der Waals surface area contributed by atoms with Crippen LogP contribution in [0.4, 0.5) is 5.69 Å². The summed E-state index contributed by atoms with van der Waals surface area (Å²) in [7, 11) is 1.76. The summed E-state index contributed by atoms with van der Waals surface area (Å²) in [6.07, 6.45) is 0. The molecule has 0 saturated carbocycles. The number of hydrogen-bond donors (Lipinski definition) is 0. The number of ether oxygens (including phenoxy) is 1. The number of nitrogens with zero attached hydrogens (tertiary/aromatic N) is 2. The van der Waals surface area contributed by atoms with Crippen molar-refractivity contribution in [3.05, 3.63) is 68.3 Å². The lowest BCUT2D eigenvalue weighted by Crippen LogP contribution is -2.23. The van der Waals surface area contributed by atoms with Crippen molar-refractivity contribution in [2.24, 2.45) is 4.99 Å². The van der Waals surface area contributed by atoms with E-state index in [4.69, 9.17) is 9.73 Å². The number of rotatable bonds is 5. The molecule has 0 aliphatic rings. The normalized spacial score (nSPS) is 13.2.